The Hall–Kier alpha value is -2.18. The van der Waals surface area contributed by atoms with E-state index < -0.39 is 28.4 Å². The van der Waals surface area contributed by atoms with Gasteiger partial charge in [0.2, 0.25) is 5.91 Å². The topological polar surface area (TPSA) is 98.3 Å². The highest BCUT2D eigenvalue weighted by Crippen LogP contribution is 2.25. The van der Waals surface area contributed by atoms with Gasteiger partial charge in [-0.25, -0.2) is 4.39 Å². The highest BCUT2D eigenvalue weighted by Gasteiger charge is 2.18. The molecule has 0 radical (unpaired) electrons. The van der Waals surface area contributed by atoms with Crippen LogP contribution in [-0.2, 0) is 4.79 Å². The summed E-state index contributed by atoms with van der Waals surface area (Å²) in [7, 11) is 0. The minimum Gasteiger partial charge on any atom is -0.368 e. The van der Waals surface area contributed by atoms with Crippen LogP contribution in [0.25, 0.3) is 0 Å². The molecular formula is C9H10FN3O3. The summed E-state index contributed by atoms with van der Waals surface area (Å²) in [4.78, 5) is 20.6. The van der Waals surface area contributed by atoms with Gasteiger partial charge in [0.25, 0.3) is 5.69 Å². The smallest absolute Gasteiger partial charge is 0.295 e. The van der Waals surface area contributed by atoms with Crippen molar-refractivity contribution in [3.63, 3.8) is 0 Å². The maximum atomic E-state index is 12.8. The molecule has 16 heavy (non-hydrogen) atoms. The van der Waals surface area contributed by atoms with Crippen molar-refractivity contribution in [2.45, 2.75) is 13.0 Å². The first kappa shape index (κ1) is 11.9. The third kappa shape index (κ3) is 2.66. The third-order valence-electron chi connectivity index (χ3n) is 1.96. The number of carbonyl (C=O) groups is 1. The largest absolute Gasteiger partial charge is 0.368 e. The van der Waals surface area contributed by atoms with Crippen LogP contribution in [-0.4, -0.2) is 16.9 Å². The number of anilines is 1. The minimum absolute atomic E-state index is 0.0534. The van der Waals surface area contributed by atoms with Crippen LogP contribution in [0, 0.1) is 15.9 Å². The van der Waals surface area contributed by atoms with Crippen LogP contribution >= 0.6 is 0 Å². The quantitative estimate of drug-likeness (QED) is 0.592. The molecule has 6 nitrogen and oxygen atoms in total. The number of nitrogens with one attached hydrogen (secondary N) is 1. The van der Waals surface area contributed by atoms with E-state index in [0.717, 1.165) is 12.1 Å². The number of hydrogen-bond donors (Lipinski definition) is 2. The van der Waals surface area contributed by atoms with Crippen LogP contribution in [0.3, 0.4) is 0 Å². The Labute approximate surface area is 90.4 Å². The lowest BCUT2D eigenvalue weighted by Gasteiger charge is -2.11. The van der Waals surface area contributed by atoms with Crippen LogP contribution in [0.5, 0.6) is 0 Å². The number of halogens is 1. The Bertz CT molecular complexity index is 436. The van der Waals surface area contributed by atoms with Gasteiger partial charge in [0.1, 0.15) is 17.5 Å². The van der Waals surface area contributed by atoms with Crippen LogP contribution in [0.4, 0.5) is 15.8 Å². The second kappa shape index (κ2) is 4.56. The maximum absolute atomic E-state index is 12.8. The molecule has 3 N–H and O–H groups in total. The normalized spacial score (nSPS) is 11.9. The van der Waals surface area contributed by atoms with Crippen LogP contribution in [0.15, 0.2) is 18.2 Å². The van der Waals surface area contributed by atoms with E-state index in [1.807, 2.05) is 0 Å². The Morgan fingerprint density at radius 1 is 1.62 bits per heavy atom. The van der Waals surface area contributed by atoms with E-state index >= 15 is 0 Å². The van der Waals surface area contributed by atoms with E-state index in [2.05, 4.69) is 5.32 Å². The van der Waals surface area contributed by atoms with Gasteiger partial charge in [-0.2, -0.15) is 0 Å². The average Bonchev–Trinajstić information content (AvgIpc) is 2.20. The fraction of sp³-hybridized carbons (Fsp3) is 0.222. The van der Waals surface area contributed by atoms with Crippen molar-refractivity contribution in [1.29, 1.82) is 0 Å². The SMILES string of the molecule is CC(Nc1ccc(F)cc1[N+](=O)[O-])C(N)=O. The number of rotatable bonds is 4. The number of nitro benzene ring substituents is 1. The molecule has 0 aliphatic carbocycles. The maximum Gasteiger partial charge on any atom is 0.295 e. The number of amides is 1. The number of primary amides is 1. The van der Waals surface area contributed by atoms with E-state index in [0.29, 0.717) is 0 Å². The Balaban J connectivity index is 3.04. The second-order valence-corrected chi connectivity index (χ2v) is 3.19. The Morgan fingerprint density at radius 3 is 2.75 bits per heavy atom. The lowest BCUT2D eigenvalue weighted by molar-refractivity contribution is -0.384. The summed E-state index contributed by atoms with van der Waals surface area (Å²) in [6.07, 6.45) is 0. The van der Waals surface area contributed by atoms with Gasteiger partial charge in [-0.3, -0.25) is 14.9 Å². The Morgan fingerprint density at radius 2 is 2.25 bits per heavy atom. The zero-order valence-corrected chi connectivity index (χ0v) is 8.44. The van der Waals surface area contributed by atoms with E-state index in [1.165, 1.54) is 13.0 Å². The van der Waals surface area contributed by atoms with Gasteiger partial charge in [0.05, 0.1) is 11.0 Å². The van der Waals surface area contributed by atoms with Crippen LogP contribution in [0.1, 0.15) is 6.92 Å². The predicted molar refractivity (Wildman–Crippen MR) is 55.3 cm³/mol. The van der Waals surface area contributed by atoms with Crippen molar-refractivity contribution < 1.29 is 14.1 Å². The number of nitrogens with zero attached hydrogens (tertiary/aromatic N) is 1. The molecule has 0 fully saturated rings. The third-order valence-corrected chi connectivity index (χ3v) is 1.96. The number of nitro groups is 1. The predicted octanol–water partition coefficient (Wildman–Crippen LogP) is 1.02. The molecule has 0 spiro atoms. The molecule has 0 aliphatic heterocycles. The summed E-state index contributed by atoms with van der Waals surface area (Å²) in [5, 5.41) is 13.1. The standard InChI is InChI=1S/C9H10FN3O3/c1-5(9(11)14)12-7-3-2-6(10)4-8(7)13(15)16/h2-5,12H,1H3,(H2,11,14). The minimum atomic E-state index is -0.774. The summed E-state index contributed by atoms with van der Waals surface area (Å²) in [5.74, 6) is -1.37. The molecule has 1 unspecified atom stereocenters. The molecule has 86 valence electrons. The zero-order chi connectivity index (χ0) is 12.3. The van der Waals surface area contributed by atoms with E-state index in [4.69, 9.17) is 5.73 Å². The molecule has 0 heterocycles. The summed E-state index contributed by atoms with van der Waals surface area (Å²) < 4.78 is 12.8. The molecule has 1 atom stereocenters. The van der Waals surface area contributed by atoms with Gasteiger partial charge in [-0.15, -0.1) is 0 Å². The molecule has 1 aromatic rings. The molecule has 0 bridgehead atoms. The molecular weight excluding hydrogens is 217 g/mol. The van der Waals surface area contributed by atoms with Gasteiger partial charge >= 0.3 is 0 Å². The lowest BCUT2D eigenvalue weighted by atomic mass is 10.2. The molecule has 0 aromatic heterocycles. The first-order valence-corrected chi connectivity index (χ1v) is 4.41. The number of carbonyl (C=O) groups excluding carboxylic acids is 1. The number of nitrogens with two attached hydrogens (primary N) is 1. The average molecular weight is 227 g/mol. The van der Waals surface area contributed by atoms with E-state index in [9.17, 15) is 19.3 Å². The second-order valence-electron chi connectivity index (χ2n) is 3.19. The highest BCUT2D eigenvalue weighted by molar-refractivity contribution is 5.83. The van der Waals surface area contributed by atoms with Gasteiger partial charge in [-0.05, 0) is 19.1 Å². The highest BCUT2D eigenvalue weighted by atomic mass is 19.1. The first-order valence-electron chi connectivity index (χ1n) is 4.41. The first-order chi connectivity index (χ1) is 7.41. The summed E-state index contributed by atoms with van der Waals surface area (Å²) in [6, 6.07) is 2.25. The zero-order valence-electron chi connectivity index (χ0n) is 8.44. The lowest BCUT2D eigenvalue weighted by Crippen LogP contribution is -2.32. The molecule has 0 aliphatic rings. The van der Waals surface area contributed by atoms with Crippen molar-refractivity contribution in [1.82, 2.24) is 0 Å². The van der Waals surface area contributed by atoms with Crippen LogP contribution in [0.2, 0.25) is 0 Å². The van der Waals surface area contributed by atoms with Crippen molar-refractivity contribution in [2.24, 2.45) is 5.73 Å². The molecule has 1 aromatic carbocycles. The monoisotopic (exact) mass is 227 g/mol. The van der Waals surface area contributed by atoms with Crippen molar-refractivity contribution in [3.05, 3.63) is 34.1 Å². The Kier molecular flexibility index (Phi) is 3.39. The van der Waals surface area contributed by atoms with Gasteiger partial charge in [0, 0.05) is 0 Å². The molecule has 0 saturated heterocycles. The number of hydrogen-bond acceptors (Lipinski definition) is 4. The molecule has 1 amide bonds. The molecule has 1 rings (SSSR count). The van der Waals surface area contributed by atoms with Crippen molar-refractivity contribution in [3.8, 4) is 0 Å². The summed E-state index contributed by atoms with van der Waals surface area (Å²) >= 11 is 0. The summed E-state index contributed by atoms with van der Waals surface area (Å²) in [6.45, 7) is 1.45. The van der Waals surface area contributed by atoms with Gasteiger partial charge in [0.15, 0.2) is 0 Å². The fourth-order valence-corrected chi connectivity index (χ4v) is 1.08. The molecule has 7 heteroatoms. The summed E-state index contributed by atoms with van der Waals surface area (Å²) in [5.41, 5.74) is 4.61. The van der Waals surface area contributed by atoms with E-state index in [1.54, 1.807) is 0 Å². The van der Waals surface area contributed by atoms with Crippen molar-refractivity contribution >= 4 is 17.3 Å². The van der Waals surface area contributed by atoms with E-state index in [-0.39, 0.29) is 5.69 Å². The number of benzene rings is 1. The van der Waals surface area contributed by atoms with Gasteiger partial charge in [-0.1, -0.05) is 0 Å². The fourth-order valence-electron chi connectivity index (χ4n) is 1.08. The van der Waals surface area contributed by atoms with Crippen molar-refractivity contribution in [2.75, 3.05) is 5.32 Å². The van der Waals surface area contributed by atoms with Crippen LogP contribution < -0.4 is 11.1 Å². The van der Waals surface area contributed by atoms with Gasteiger partial charge < -0.3 is 11.1 Å². The molecule has 0 saturated carbocycles.